The molecule has 0 fully saturated rings. The maximum atomic E-state index is 4.76. The Bertz CT molecular complexity index is 442. The first-order chi connectivity index (χ1) is 11.0. The number of rotatable bonds is 9. The minimum atomic E-state index is 0.618. The molecule has 23 heavy (non-hydrogen) atoms. The standard InChI is InChI=1S/C19H34N4/c1-6-20-19(21-14-10-11-15-22(4)17(2)3)23(5)16-18-12-8-7-9-13-18/h7-9,12-13,17H,6,10-11,14-16H2,1-5H3,(H,20,21). The Morgan fingerprint density at radius 2 is 1.83 bits per heavy atom. The third-order valence-electron chi connectivity index (χ3n) is 4.02. The molecule has 4 nitrogen and oxygen atoms in total. The monoisotopic (exact) mass is 318 g/mol. The van der Waals surface area contributed by atoms with Gasteiger partial charge in [-0.05, 0) is 52.8 Å². The van der Waals surface area contributed by atoms with Gasteiger partial charge in [-0.25, -0.2) is 0 Å². The van der Waals surface area contributed by atoms with Crippen LogP contribution in [0, 0.1) is 0 Å². The average molecular weight is 319 g/mol. The Morgan fingerprint density at radius 3 is 2.43 bits per heavy atom. The number of hydrogen-bond donors (Lipinski definition) is 1. The van der Waals surface area contributed by atoms with Crippen LogP contribution in [-0.2, 0) is 6.54 Å². The predicted octanol–water partition coefficient (Wildman–Crippen LogP) is 3.20. The van der Waals surface area contributed by atoms with Gasteiger partial charge in [0.15, 0.2) is 5.96 Å². The molecular formula is C19H34N4. The molecule has 0 saturated carbocycles. The summed E-state index contributed by atoms with van der Waals surface area (Å²) >= 11 is 0. The van der Waals surface area contributed by atoms with E-state index in [1.54, 1.807) is 0 Å². The molecule has 0 unspecified atom stereocenters. The number of nitrogens with one attached hydrogen (secondary N) is 1. The SMILES string of the molecule is CCNC(=NCCCCN(C)C(C)C)N(C)Cc1ccccc1. The molecular weight excluding hydrogens is 284 g/mol. The summed E-state index contributed by atoms with van der Waals surface area (Å²) in [6.07, 6.45) is 2.32. The number of hydrogen-bond acceptors (Lipinski definition) is 2. The molecule has 0 aromatic heterocycles. The van der Waals surface area contributed by atoms with Crippen LogP contribution in [0.5, 0.6) is 0 Å². The maximum Gasteiger partial charge on any atom is 0.193 e. The molecule has 1 aromatic rings. The third-order valence-corrected chi connectivity index (χ3v) is 4.02. The van der Waals surface area contributed by atoms with Crippen LogP contribution in [0.2, 0.25) is 0 Å². The van der Waals surface area contributed by atoms with Crippen molar-refractivity contribution in [2.75, 3.05) is 33.7 Å². The van der Waals surface area contributed by atoms with Crippen LogP contribution in [0.1, 0.15) is 39.2 Å². The van der Waals surface area contributed by atoms with Crippen molar-refractivity contribution in [2.24, 2.45) is 4.99 Å². The van der Waals surface area contributed by atoms with Gasteiger partial charge >= 0.3 is 0 Å². The van der Waals surface area contributed by atoms with Gasteiger partial charge in [-0.2, -0.15) is 0 Å². The first kappa shape index (κ1) is 19.5. The molecule has 0 radical (unpaired) electrons. The summed E-state index contributed by atoms with van der Waals surface area (Å²) in [7, 11) is 4.28. The molecule has 130 valence electrons. The lowest BCUT2D eigenvalue weighted by molar-refractivity contribution is 0.269. The van der Waals surface area contributed by atoms with Gasteiger partial charge in [-0.3, -0.25) is 4.99 Å². The van der Waals surface area contributed by atoms with Gasteiger partial charge in [0.1, 0.15) is 0 Å². The zero-order chi connectivity index (χ0) is 17.1. The minimum Gasteiger partial charge on any atom is -0.357 e. The second-order valence-electron chi connectivity index (χ2n) is 6.36. The van der Waals surface area contributed by atoms with Crippen LogP contribution in [0.3, 0.4) is 0 Å². The van der Waals surface area contributed by atoms with Crippen molar-refractivity contribution in [3.63, 3.8) is 0 Å². The van der Waals surface area contributed by atoms with E-state index in [9.17, 15) is 0 Å². The maximum absolute atomic E-state index is 4.76. The Hall–Kier alpha value is -1.55. The summed E-state index contributed by atoms with van der Waals surface area (Å²) in [6, 6.07) is 11.1. The molecule has 0 aliphatic rings. The van der Waals surface area contributed by atoms with E-state index in [2.05, 4.69) is 80.3 Å². The fourth-order valence-corrected chi connectivity index (χ4v) is 2.32. The van der Waals surface area contributed by atoms with E-state index in [-0.39, 0.29) is 0 Å². The molecule has 1 rings (SSSR count). The van der Waals surface area contributed by atoms with Gasteiger partial charge < -0.3 is 15.1 Å². The lowest BCUT2D eigenvalue weighted by Gasteiger charge is -2.22. The quantitative estimate of drug-likeness (QED) is 0.431. The van der Waals surface area contributed by atoms with Gasteiger partial charge in [-0.15, -0.1) is 0 Å². The Balaban J connectivity index is 2.43. The van der Waals surface area contributed by atoms with Gasteiger partial charge in [0.05, 0.1) is 0 Å². The molecule has 0 amide bonds. The smallest absolute Gasteiger partial charge is 0.193 e. The summed E-state index contributed by atoms with van der Waals surface area (Å²) in [6.45, 7) is 10.4. The largest absolute Gasteiger partial charge is 0.357 e. The number of benzene rings is 1. The van der Waals surface area contributed by atoms with E-state index in [1.807, 2.05) is 0 Å². The summed E-state index contributed by atoms with van der Waals surface area (Å²) in [5, 5.41) is 3.39. The number of aliphatic imine (C=N–C) groups is 1. The first-order valence-electron chi connectivity index (χ1n) is 8.78. The molecule has 0 bridgehead atoms. The normalized spacial score (nSPS) is 12.0. The van der Waals surface area contributed by atoms with E-state index >= 15 is 0 Å². The molecule has 0 aliphatic heterocycles. The Morgan fingerprint density at radius 1 is 1.13 bits per heavy atom. The fourth-order valence-electron chi connectivity index (χ4n) is 2.32. The van der Waals surface area contributed by atoms with Crippen LogP contribution in [0.4, 0.5) is 0 Å². The highest BCUT2D eigenvalue weighted by molar-refractivity contribution is 5.79. The summed E-state index contributed by atoms with van der Waals surface area (Å²) in [5.74, 6) is 0.994. The lowest BCUT2D eigenvalue weighted by atomic mass is 10.2. The molecule has 0 heterocycles. The van der Waals surface area contributed by atoms with Gasteiger partial charge in [0, 0.05) is 32.7 Å². The minimum absolute atomic E-state index is 0.618. The van der Waals surface area contributed by atoms with Gasteiger partial charge in [-0.1, -0.05) is 30.3 Å². The number of guanidine groups is 1. The highest BCUT2D eigenvalue weighted by Crippen LogP contribution is 2.03. The first-order valence-corrected chi connectivity index (χ1v) is 8.78. The van der Waals surface area contributed by atoms with E-state index in [4.69, 9.17) is 4.99 Å². The molecule has 0 aliphatic carbocycles. The Kier molecular flexibility index (Phi) is 9.37. The molecule has 0 atom stereocenters. The molecule has 1 aromatic carbocycles. The second kappa shape index (κ2) is 11.1. The second-order valence-corrected chi connectivity index (χ2v) is 6.36. The number of unbranched alkanes of at least 4 members (excludes halogenated alkanes) is 1. The molecule has 1 N–H and O–H groups in total. The van der Waals surface area contributed by atoms with E-state index in [0.717, 1.165) is 38.6 Å². The summed E-state index contributed by atoms with van der Waals surface area (Å²) in [5.41, 5.74) is 1.30. The molecule has 4 heteroatoms. The van der Waals surface area contributed by atoms with Crippen molar-refractivity contribution >= 4 is 5.96 Å². The van der Waals surface area contributed by atoms with E-state index < -0.39 is 0 Å². The summed E-state index contributed by atoms with van der Waals surface area (Å²) < 4.78 is 0. The number of nitrogens with zero attached hydrogens (tertiary/aromatic N) is 3. The van der Waals surface area contributed by atoms with Crippen LogP contribution in [-0.4, -0.2) is 55.5 Å². The highest BCUT2D eigenvalue weighted by Gasteiger charge is 2.06. The van der Waals surface area contributed by atoms with Gasteiger partial charge in [0.25, 0.3) is 0 Å². The van der Waals surface area contributed by atoms with Crippen molar-refractivity contribution < 1.29 is 0 Å². The summed E-state index contributed by atoms with van der Waals surface area (Å²) in [4.78, 5) is 9.34. The topological polar surface area (TPSA) is 30.9 Å². The van der Waals surface area contributed by atoms with Crippen LogP contribution < -0.4 is 5.32 Å². The van der Waals surface area contributed by atoms with E-state index in [1.165, 1.54) is 12.0 Å². The predicted molar refractivity (Wildman–Crippen MR) is 101 cm³/mol. The fraction of sp³-hybridized carbons (Fsp3) is 0.632. The van der Waals surface area contributed by atoms with Crippen LogP contribution in [0.25, 0.3) is 0 Å². The van der Waals surface area contributed by atoms with Crippen molar-refractivity contribution in [3.05, 3.63) is 35.9 Å². The zero-order valence-corrected chi connectivity index (χ0v) is 15.5. The van der Waals surface area contributed by atoms with Crippen molar-refractivity contribution in [1.29, 1.82) is 0 Å². The molecule has 0 saturated heterocycles. The zero-order valence-electron chi connectivity index (χ0n) is 15.5. The van der Waals surface area contributed by atoms with Crippen molar-refractivity contribution in [1.82, 2.24) is 15.1 Å². The lowest BCUT2D eigenvalue weighted by Crippen LogP contribution is -2.38. The Labute approximate surface area is 142 Å². The third kappa shape index (κ3) is 8.03. The van der Waals surface area contributed by atoms with Crippen molar-refractivity contribution in [2.45, 2.75) is 46.2 Å². The van der Waals surface area contributed by atoms with Gasteiger partial charge in [0.2, 0.25) is 0 Å². The van der Waals surface area contributed by atoms with E-state index in [0.29, 0.717) is 6.04 Å². The highest BCUT2D eigenvalue weighted by atomic mass is 15.3. The van der Waals surface area contributed by atoms with Crippen LogP contribution >= 0.6 is 0 Å². The van der Waals surface area contributed by atoms with Crippen molar-refractivity contribution in [3.8, 4) is 0 Å². The molecule has 0 spiro atoms. The van der Waals surface area contributed by atoms with Crippen LogP contribution in [0.15, 0.2) is 35.3 Å². The average Bonchev–Trinajstić information content (AvgIpc) is 2.54.